The number of carboxylic acid groups (broad SMARTS) is 1. The van der Waals surface area contributed by atoms with E-state index < -0.39 is 34.0 Å². The number of hydrogen-bond donors (Lipinski definition) is 2. The number of H-pyrrole nitrogens is 1. The SMILES string of the molecule is O=C(O)c1cn2c(n1)c(=O)[nH]c1cc(C(F)(F)F)c(Cl)cc12. The van der Waals surface area contributed by atoms with Crippen LogP contribution in [0.4, 0.5) is 13.2 Å². The summed E-state index contributed by atoms with van der Waals surface area (Å²) in [7, 11) is 0. The lowest BCUT2D eigenvalue weighted by Gasteiger charge is -2.10. The van der Waals surface area contributed by atoms with Gasteiger partial charge in [-0.15, -0.1) is 0 Å². The number of rotatable bonds is 1. The molecule has 114 valence electrons. The van der Waals surface area contributed by atoms with Crippen LogP contribution in [0.3, 0.4) is 0 Å². The fourth-order valence-electron chi connectivity index (χ4n) is 2.08. The molecule has 22 heavy (non-hydrogen) atoms. The van der Waals surface area contributed by atoms with Crippen molar-refractivity contribution in [2.75, 3.05) is 0 Å². The molecular weight excluding hydrogens is 327 g/mol. The number of halogens is 4. The number of benzene rings is 1. The lowest BCUT2D eigenvalue weighted by molar-refractivity contribution is -0.137. The Morgan fingerprint density at radius 2 is 2.05 bits per heavy atom. The summed E-state index contributed by atoms with van der Waals surface area (Å²) in [6.45, 7) is 0. The first-order chi connectivity index (χ1) is 10.2. The van der Waals surface area contributed by atoms with Crippen molar-refractivity contribution in [1.29, 1.82) is 0 Å². The molecule has 0 atom stereocenters. The van der Waals surface area contributed by atoms with Crippen molar-refractivity contribution < 1.29 is 23.1 Å². The summed E-state index contributed by atoms with van der Waals surface area (Å²) in [6, 6.07) is 1.69. The van der Waals surface area contributed by atoms with Gasteiger partial charge < -0.3 is 10.1 Å². The van der Waals surface area contributed by atoms with E-state index >= 15 is 0 Å². The van der Waals surface area contributed by atoms with Gasteiger partial charge in [0.05, 0.1) is 21.6 Å². The largest absolute Gasteiger partial charge is 0.476 e. The average molecular weight is 332 g/mol. The summed E-state index contributed by atoms with van der Waals surface area (Å²) in [6.07, 6.45) is -3.64. The van der Waals surface area contributed by atoms with E-state index in [2.05, 4.69) is 9.97 Å². The van der Waals surface area contributed by atoms with Gasteiger partial charge in [0.15, 0.2) is 5.69 Å². The van der Waals surface area contributed by atoms with E-state index in [1.807, 2.05) is 0 Å². The first kappa shape index (κ1) is 14.4. The van der Waals surface area contributed by atoms with Crippen LogP contribution < -0.4 is 5.56 Å². The first-order valence-corrected chi connectivity index (χ1v) is 6.11. The number of alkyl halides is 3. The third kappa shape index (κ3) is 2.10. The van der Waals surface area contributed by atoms with Crippen LogP contribution in [0.1, 0.15) is 16.1 Å². The number of nitrogens with zero attached hydrogens (tertiary/aromatic N) is 2. The number of imidazole rings is 1. The summed E-state index contributed by atoms with van der Waals surface area (Å²) in [5.74, 6) is -1.37. The minimum atomic E-state index is -4.68. The topological polar surface area (TPSA) is 87.5 Å². The van der Waals surface area contributed by atoms with Crippen molar-refractivity contribution in [3.8, 4) is 0 Å². The molecule has 2 N–H and O–H groups in total. The second-order valence-corrected chi connectivity index (χ2v) is 4.83. The maximum atomic E-state index is 12.8. The van der Waals surface area contributed by atoms with Gasteiger partial charge in [-0.1, -0.05) is 11.6 Å². The van der Waals surface area contributed by atoms with Crippen molar-refractivity contribution in [2.24, 2.45) is 0 Å². The van der Waals surface area contributed by atoms with Gasteiger partial charge in [-0.3, -0.25) is 9.20 Å². The smallest absolute Gasteiger partial charge is 0.417 e. The van der Waals surface area contributed by atoms with Crippen LogP contribution in [-0.2, 0) is 6.18 Å². The van der Waals surface area contributed by atoms with Gasteiger partial charge >= 0.3 is 12.1 Å². The second kappa shape index (κ2) is 4.47. The molecule has 0 radical (unpaired) electrons. The molecule has 0 amide bonds. The number of aromatic carboxylic acids is 1. The molecule has 0 aliphatic heterocycles. The molecule has 0 aliphatic carbocycles. The van der Waals surface area contributed by atoms with Crippen LogP contribution in [0.5, 0.6) is 0 Å². The highest BCUT2D eigenvalue weighted by Crippen LogP contribution is 2.36. The second-order valence-electron chi connectivity index (χ2n) is 4.43. The number of nitrogens with one attached hydrogen (secondary N) is 1. The Labute approximate surface area is 123 Å². The maximum absolute atomic E-state index is 12.8. The Balaban J connectivity index is 2.45. The van der Waals surface area contributed by atoms with Crippen LogP contribution in [0, 0.1) is 0 Å². The molecule has 0 aliphatic rings. The molecule has 3 rings (SSSR count). The fourth-order valence-corrected chi connectivity index (χ4v) is 2.35. The summed E-state index contributed by atoms with van der Waals surface area (Å²) in [4.78, 5) is 28.6. The van der Waals surface area contributed by atoms with Crippen molar-refractivity contribution >= 4 is 34.3 Å². The zero-order valence-electron chi connectivity index (χ0n) is 10.4. The summed E-state index contributed by atoms with van der Waals surface area (Å²) in [5.41, 5.74) is -2.60. The standard InChI is InChI=1S/C12H5ClF3N3O3/c13-5-2-8-6(1-4(5)12(14,15)16)18-10(20)9-17-7(11(21)22)3-19(8)9/h1-3H,(H,18,20)(H,21,22). The lowest BCUT2D eigenvalue weighted by atomic mass is 10.2. The molecule has 0 saturated heterocycles. The van der Waals surface area contributed by atoms with Crippen LogP contribution in [0.15, 0.2) is 23.1 Å². The van der Waals surface area contributed by atoms with E-state index in [1.165, 1.54) is 0 Å². The van der Waals surface area contributed by atoms with Crippen LogP contribution in [-0.4, -0.2) is 25.4 Å². The third-order valence-corrected chi connectivity index (χ3v) is 3.34. The monoisotopic (exact) mass is 331 g/mol. The van der Waals surface area contributed by atoms with E-state index in [4.69, 9.17) is 16.7 Å². The normalized spacial score (nSPS) is 12.2. The molecule has 0 saturated carbocycles. The van der Waals surface area contributed by atoms with Crippen molar-refractivity contribution in [2.45, 2.75) is 6.18 Å². The first-order valence-electron chi connectivity index (χ1n) is 5.73. The van der Waals surface area contributed by atoms with E-state index in [9.17, 15) is 22.8 Å². The molecule has 0 spiro atoms. The molecular formula is C12H5ClF3N3O3. The predicted octanol–water partition coefficient (Wildman–Crippen LogP) is 2.55. The fraction of sp³-hybridized carbons (Fsp3) is 0.0833. The predicted molar refractivity (Wildman–Crippen MR) is 70.3 cm³/mol. The van der Waals surface area contributed by atoms with E-state index in [0.717, 1.165) is 16.7 Å². The highest BCUT2D eigenvalue weighted by molar-refractivity contribution is 6.32. The Morgan fingerprint density at radius 1 is 1.36 bits per heavy atom. The number of carbonyl (C=O) groups is 1. The molecule has 2 heterocycles. The maximum Gasteiger partial charge on any atom is 0.417 e. The van der Waals surface area contributed by atoms with Gasteiger partial charge in [0.2, 0.25) is 5.65 Å². The summed E-state index contributed by atoms with van der Waals surface area (Å²) < 4.78 is 39.6. The van der Waals surface area contributed by atoms with Gasteiger partial charge in [-0.05, 0) is 12.1 Å². The van der Waals surface area contributed by atoms with Crippen molar-refractivity contribution in [3.05, 3.63) is 45.0 Å². The molecule has 3 aromatic rings. The van der Waals surface area contributed by atoms with Crippen LogP contribution >= 0.6 is 11.6 Å². The molecule has 2 aromatic heterocycles. The van der Waals surface area contributed by atoms with Crippen LogP contribution in [0.25, 0.3) is 16.7 Å². The van der Waals surface area contributed by atoms with E-state index in [0.29, 0.717) is 6.07 Å². The minimum Gasteiger partial charge on any atom is -0.476 e. The zero-order chi connectivity index (χ0) is 16.2. The highest BCUT2D eigenvalue weighted by atomic mass is 35.5. The zero-order valence-corrected chi connectivity index (χ0v) is 11.2. The van der Waals surface area contributed by atoms with E-state index in [-0.39, 0.29) is 16.7 Å². The number of fused-ring (bicyclic) bond motifs is 3. The summed E-state index contributed by atoms with van der Waals surface area (Å²) >= 11 is 5.64. The Hall–Kier alpha value is -2.55. The van der Waals surface area contributed by atoms with Gasteiger partial charge in [0.25, 0.3) is 5.56 Å². The molecule has 0 fully saturated rings. The van der Waals surface area contributed by atoms with E-state index in [1.54, 1.807) is 0 Å². The quantitative estimate of drug-likeness (QED) is 0.717. The van der Waals surface area contributed by atoms with Gasteiger partial charge in [0.1, 0.15) is 0 Å². The Morgan fingerprint density at radius 3 is 2.64 bits per heavy atom. The van der Waals surface area contributed by atoms with Gasteiger partial charge in [-0.2, -0.15) is 13.2 Å². The number of aromatic amines is 1. The van der Waals surface area contributed by atoms with Crippen LogP contribution in [0.2, 0.25) is 5.02 Å². The Kier molecular flexibility index (Phi) is 2.92. The van der Waals surface area contributed by atoms with Crippen molar-refractivity contribution in [1.82, 2.24) is 14.4 Å². The summed E-state index contributed by atoms with van der Waals surface area (Å²) in [5, 5.41) is 8.32. The average Bonchev–Trinajstić information content (AvgIpc) is 2.84. The molecule has 1 aromatic carbocycles. The van der Waals surface area contributed by atoms with Gasteiger partial charge in [-0.25, -0.2) is 9.78 Å². The molecule has 0 unspecified atom stereocenters. The number of aromatic nitrogens is 3. The minimum absolute atomic E-state index is 0.104. The van der Waals surface area contributed by atoms with Crippen molar-refractivity contribution in [3.63, 3.8) is 0 Å². The Bertz CT molecular complexity index is 990. The third-order valence-electron chi connectivity index (χ3n) is 3.03. The van der Waals surface area contributed by atoms with Gasteiger partial charge in [0, 0.05) is 6.20 Å². The lowest BCUT2D eigenvalue weighted by Crippen LogP contribution is -2.12. The molecule has 10 heteroatoms. The molecule has 6 nitrogen and oxygen atoms in total. The number of carboxylic acids is 1. The number of hydrogen-bond acceptors (Lipinski definition) is 3. The highest BCUT2D eigenvalue weighted by Gasteiger charge is 2.33. The molecule has 0 bridgehead atoms.